The first-order valence-electron chi connectivity index (χ1n) is 11.8. The van der Waals surface area contributed by atoms with Crippen LogP contribution in [0.4, 0.5) is 0 Å². The number of carbonyl (C=O) groups excluding carboxylic acids is 2. The lowest BCUT2D eigenvalue weighted by molar-refractivity contribution is -0.123. The monoisotopic (exact) mass is 438 g/mol. The van der Waals surface area contributed by atoms with Crippen molar-refractivity contribution < 1.29 is 9.59 Å². The summed E-state index contributed by atoms with van der Waals surface area (Å²) in [5.41, 5.74) is 4.43. The standard InChI is InChI=1S/C31H34O2/c1-22(32)24-15-9-10-16-25(24)29(2,3)20-30(4)21-31(5,27-18-12-11-17-26(27)30)28(33)19-23-13-7-6-8-14-23/h6-18H,19-21H2,1-5H3. The minimum absolute atomic E-state index is 0.0959. The van der Waals surface area contributed by atoms with E-state index in [-0.39, 0.29) is 22.4 Å². The average Bonchev–Trinajstić information content (AvgIpc) is 3.02. The van der Waals surface area contributed by atoms with Gasteiger partial charge in [-0.15, -0.1) is 0 Å². The van der Waals surface area contributed by atoms with Crippen LogP contribution in [0.25, 0.3) is 0 Å². The summed E-state index contributed by atoms with van der Waals surface area (Å²) in [5, 5.41) is 0. The van der Waals surface area contributed by atoms with Gasteiger partial charge in [0.1, 0.15) is 5.78 Å². The lowest BCUT2D eigenvalue weighted by Crippen LogP contribution is -2.36. The van der Waals surface area contributed by atoms with Crippen molar-refractivity contribution in [2.24, 2.45) is 0 Å². The number of benzene rings is 3. The third-order valence-corrected chi connectivity index (χ3v) is 7.61. The van der Waals surface area contributed by atoms with Crippen LogP contribution in [-0.2, 0) is 27.5 Å². The minimum Gasteiger partial charge on any atom is -0.298 e. The van der Waals surface area contributed by atoms with Gasteiger partial charge < -0.3 is 0 Å². The van der Waals surface area contributed by atoms with Crippen LogP contribution in [0.15, 0.2) is 78.9 Å². The van der Waals surface area contributed by atoms with E-state index in [1.165, 1.54) is 5.56 Å². The minimum atomic E-state index is -0.530. The molecule has 2 heteroatoms. The summed E-state index contributed by atoms with van der Waals surface area (Å²) in [7, 11) is 0. The number of Topliss-reactive ketones (excluding diaryl/α,β-unsaturated/α-hetero) is 2. The number of ketones is 2. The zero-order valence-electron chi connectivity index (χ0n) is 20.4. The molecule has 33 heavy (non-hydrogen) atoms. The second-order valence-corrected chi connectivity index (χ2v) is 10.9. The van der Waals surface area contributed by atoms with Crippen LogP contribution < -0.4 is 0 Å². The Morgan fingerprint density at radius 3 is 2.06 bits per heavy atom. The summed E-state index contributed by atoms with van der Waals surface area (Å²) < 4.78 is 0. The molecule has 170 valence electrons. The smallest absolute Gasteiger partial charge is 0.160 e. The largest absolute Gasteiger partial charge is 0.298 e. The van der Waals surface area contributed by atoms with Gasteiger partial charge in [-0.3, -0.25) is 9.59 Å². The number of fused-ring (bicyclic) bond motifs is 1. The molecule has 4 rings (SSSR count). The highest BCUT2D eigenvalue weighted by Gasteiger charge is 2.52. The van der Waals surface area contributed by atoms with E-state index >= 15 is 0 Å². The van der Waals surface area contributed by atoms with Crippen LogP contribution in [0.2, 0.25) is 0 Å². The summed E-state index contributed by atoms with van der Waals surface area (Å²) in [6.07, 6.45) is 2.07. The summed E-state index contributed by atoms with van der Waals surface area (Å²) in [4.78, 5) is 26.1. The predicted octanol–water partition coefficient (Wildman–Crippen LogP) is 6.99. The Labute approximate surface area is 198 Å². The molecular formula is C31H34O2. The summed E-state index contributed by atoms with van der Waals surface area (Å²) in [6.45, 7) is 10.5. The fraction of sp³-hybridized carbons (Fsp3) is 0.355. The van der Waals surface area contributed by atoms with Gasteiger partial charge in [0.25, 0.3) is 0 Å². The number of hydrogen-bond acceptors (Lipinski definition) is 2. The van der Waals surface area contributed by atoms with Crippen molar-refractivity contribution in [3.63, 3.8) is 0 Å². The lowest BCUT2D eigenvalue weighted by Gasteiger charge is -2.38. The van der Waals surface area contributed by atoms with E-state index in [0.29, 0.717) is 6.42 Å². The maximum atomic E-state index is 13.7. The molecule has 2 atom stereocenters. The highest BCUT2D eigenvalue weighted by atomic mass is 16.1. The Balaban J connectivity index is 1.71. The molecule has 1 aliphatic carbocycles. The van der Waals surface area contributed by atoms with Crippen LogP contribution in [-0.4, -0.2) is 11.6 Å². The first kappa shape index (κ1) is 23.2. The Morgan fingerprint density at radius 2 is 1.39 bits per heavy atom. The quantitative estimate of drug-likeness (QED) is 0.373. The van der Waals surface area contributed by atoms with Crippen LogP contribution in [0.3, 0.4) is 0 Å². The van der Waals surface area contributed by atoms with E-state index in [4.69, 9.17) is 0 Å². The van der Waals surface area contributed by atoms with Crippen LogP contribution >= 0.6 is 0 Å². The van der Waals surface area contributed by atoms with E-state index in [1.807, 2.05) is 48.5 Å². The number of rotatable bonds is 7. The SMILES string of the molecule is CC(=O)c1ccccc1C(C)(C)CC1(C)CC(C)(C(=O)Cc2ccccc2)c2ccccc21. The normalized spacial score (nSPS) is 22.1. The second kappa shape index (κ2) is 8.41. The fourth-order valence-corrected chi connectivity index (χ4v) is 6.30. The highest BCUT2D eigenvalue weighted by molar-refractivity contribution is 5.96. The zero-order valence-corrected chi connectivity index (χ0v) is 20.4. The van der Waals surface area contributed by atoms with Gasteiger partial charge in [0.05, 0.1) is 5.41 Å². The van der Waals surface area contributed by atoms with Crippen molar-refractivity contribution in [3.05, 3.63) is 107 Å². The highest BCUT2D eigenvalue weighted by Crippen LogP contribution is 2.55. The summed E-state index contributed by atoms with van der Waals surface area (Å²) >= 11 is 0. The van der Waals surface area contributed by atoms with Gasteiger partial charge in [-0.1, -0.05) is 99.6 Å². The lowest BCUT2D eigenvalue weighted by atomic mass is 9.65. The molecule has 0 amide bonds. The van der Waals surface area contributed by atoms with Gasteiger partial charge in [0.2, 0.25) is 0 Å². The van der Waals surface area contributed by atoms with Crippen molar-refractivity contribution in [1.82, 2.24) is 0 Å². The van der Waals surface area contributed by atoms with E-state index < -0.39 is 5.41 Å². The molecule has 2 nitrogen and oxygen atoms in total. The Bertz CT molecular complexity index is 1190. The maximum Gasteiger partial charge on any atom is 0.160 e. The number of hydrogen-bond donors (Lipinski definition) is 0. The third kappa shape index (κ3) is 4.19. The van der Waals surface area contributed by atoms with Gasteiger partial charge in [0, 0.05) is 12.0 Å². The van der Waals surface area contributed by atoms with E-state index in [0.717, 1.165) is 35.1 Å². The van der Waals surface area contributed by atoms with Crippen molar-refractivity contribution >= 4 is 11.6 Å². The molecule has 0 saturated carbocycles. The molecule has 1 aliphatic rings. The van der Waals surface area contributed by atoms with Crippen molar-refractivity contribution in [3.8, 4) is 0 Å². The van der Waals surface area contributed by atoms with Crippen LogP contribution in [0, 0.1) is 0 Å². The molecule has 0 bridgehead atoms. The molecule has 0 N–H and O–H groups in total. The summed E-state index contributed by atoms with van der Waals surface area (Å²) in [5.74, 6) is 0.366. The van der Waals surface area contributed by atoms with Gasteiger partial charge in [-0.25, -0.2) is 0 Å². The molecular weight excluding hydrogens is 404 g/mol. The van der Waals surface area contributed by atoms with Crippen molar-refractivity contribution in [2.45, 2.75) is 70.1 Å². The first-order chi connectivity index (χ1) is 15.6. The van der Waals surface area contributed by atoms with Crippen molar-refractivity contribution in [1.29, 1.82) is 0 Å². The maximum absolute atomic E-state index is 13.7. The zero-order chi connectivity index (χ0) is 23.9. The van der Waals surface area contributed by atoms with Gasteiger partial charge >= 0.3 is 0 Å². The third-order valence-electron chi connectivity index (χ3n) is 7.61. The number of carbonyl (C=O) groups is 2. The van der Waals surface area contributed by atoms with Crippen LogP contribution in [0.1, 0.15) is 80.1 Å². The molecule has 0 radical (unpaired) electrons. The average molecular weight is 439 g/mol. The summed E-state index contributed by atoms with van der Waals surface area (Å²) in [6, 6.07) is 26.5. The fourth-order valence-electron chi connectivity index (χ4n) is 6.30. The van der Waals surface area contributed by atoms with Crippen molar-refractivity contribution in [2.75, 3.05) is 0 Å². The van der Waals surface area contributed by atoms with E-state index in [1.54, 1.807) is 6.92 Å². The molecule has 2 unspecified atom stereocenters. The molecule has 0 aliphatic heterocycles. The van der Waals surface area contributed by atoms with E-state index in [2.05, 4.69) is 58.0 Å². The molecule has 0 spiro atoms. The van der Waals surface area contributed by atoms with Gasteiger partial charge in [-0.2, -0.15) is 0 Å². The Kier molecular flexibility index (Phi) is 5.90. The molecule has 0 saturated heterocycles. The molecule has 3 aromatic carbocycles. The van der Waals surface area contributed by atoms with Crippen LogP contribution in [0.5, 0.6) is 0 Å². The van der Waals surface area contributed by atoms with Gasteiger partial charge in [-0.05, 0) is 59.8 Å². The Morgan fingerprint density at radius 1 is 0.818 bits per heavy atom. The second-order valence-electron chi connectivity index (χ2n) is 10.9. The molecule has 0 heterocycles. The Hall–Kier alpha value is -3.00. The molecule has 3 aromatic rings. The predicted molar refractivity (Wildman–Crippen MR) is 135 cm³/mol. The first-order valence-corrected chi connectivity index (χ1v) is 11.8. The van der Waals surface area contributed by atoms with E-state index in [9.17, 15) is 9.59 Å². The topological polar surface area (TPSA) is 34.1 Å². The molecule has 0 fully saturated rings. The van der Waals surface area contributed by atoms with Gasteiger partial charge in [0.15, 0.2) is 5.78 Å². The molecule has 0 aromatic heterocycles.